The van der Waals surface area contributed by atoms with Crippen molar-refractivity contribution in [1.82, 2.24) is 14.9 Å². The highest BCUT2D eigenvalue weighted by molar-refractivity contribution is 5.53. The van der Waals surface area contributed by atoms with Gasteiger partial charge in [0.2, 0.25) is 5.95 Å². The first-order valence-electron chi connectivity index (χ1n) is 12.1. The second-order valence-corrected chi connectivity index (χ2v) is 9.46. The van der Waals surface area contributed by atoms with Gasteiger partial charge in [0.15, 0.2) is 0 Å². The topological polar surface area (TPSA) is 53.5 Å². The molecule has 5 rings (SSSR count). The summed E-state index contributed by atoms with van der Waals surface area (Å²) in [5, 5.41) is 3.73. The van der Waals surface area contributed by atoms with Gasteiger partial charge in [0, 0.05) is 37.3 Å². The van der Waals surface area contributed by atoms with Gasteiger partial charge in [-0.3, -0.25) is 4.90 Å². The van der Waals surface area contributed by atoms with Gasteiger partial charge in [-0.05, 0) is 45.1 Å². The van der Waals surface area contributed by atoms with Crippen LogP contribution in [0.1, 0.15) is 81.9 Å². The molecule has 0 aromatic carbocycles. The average Bonchev–Trinajstić information content (AvgIpc) is 3.07. The molecule has 1 unspecified atom stereocenters. The molecule has 0 bridgehead atoms. The minimum atomic E-state index is 0.461. The molecule has 4 aliphatic rings. The minimum absolute atomic E-state index is 0.461. The molecule has 6 nitrogen and oxygen atoms in total. The van der Waals surface area contributed by atoms with Gasteiger partial charge in [-0.1, -0.05) is 32.1 Å². The Morgan fingerprint density at radius 2 is 1.59 bits per heavy atom. The molecule has 4 heterocycles. The Bertz CT molecular complexity index is 682. The summed E-state index contributed by atoms with van der Waals surface area (Å²) in [4.78, 5) is 15.1. The van der Waals surface area contributed by atoms with Crippen molar-refractivity contribution >= 4 is 11.8 Å². The summed E-state index contributed by atoms with van der Waals surface area (Å²) in [6, 6.07) is 1.26. The molecule has 1 aliphatic carbocycles. The number of nitrogens with zero attached hydrogens (tertiary/aromatic N) is 4. The van der Waals surface area contributed by atoms with Crippen molar-refractivity contribution in [3.63, 3.8) is 0 Å². The van der Waals surface area contributed by atoms with Crippen molar-refractivity contribution < 1.29 is 4.74 Å². The monoisotopic (exact) mass is 399 g/mol. The third-order valence-electron chi connectivity index (χ3n) is 7.34. The third-order valence-corrected chi connectivity index (χ3v) is 7.34. The Kier molecular flexibility index (Phi) is 6.18. The average molecular weight is 400 g/mol. The maximum atomic E-state index is 5.75. The standard InChI is InChI=1S/C23H37N5O/c1-2-7-13-27(12-6-1)22-20-16-29-17-21(20)25-23(26-22)24-18-9-8-14-28(15-18)19-10-4-3-5-11-19/h18-19H,1-17H2,(H,24,25,26). The summed E-state index contributed by atoms with van der Waals surface area (Å²) in [6.45, 7) is 5.93. The lowest BCUT2D eigenvalue weighted by atomic mass is 9.92. The van der Waals surface area contributed by atoms with E-state index < -0.39 is 0 Å². The number of aromatic nitrogens is 2. The first-order valence-corrected chi connectivity index (χ1v) is 12.1. The van der Waals surface area contributed by atoms with E-state index in [4.69, 9.17) is 14.7 Å². The molecule has 160 valence electrons. The number of anilines is 2. The van der Waals surface area contributed by atoms with Crippen molar-refractivity contribution in [2.75, 3.05) is 36.4 Å². The van der Waals surface area contributed by atoms with Crippen molar-refractivity contribution in [2.24, 2.45) is 0 Å². The number of fused-ring (bicyclic) bond motifs is 1. The molecular weight excluding hydrogens is 362 g/mol. The van der Waals surface area contributed by atoms with Crippen LogP contribution in [-0.4, -0.2) is 53.1 Å². The lowest BCUT2D eigenvalue weighted by molar-refractivity contribution is 0.124. The summed E-state index contributed by atoms with van der Waals surface area (Å²) in [5.41, 5.74) is 2.33. The Morgan fingerprint density at radius 1 is 0.793 bits per heavy atom. The van der Waals surface area contributed by atoms with Gasteiger partial charge in [0.1, 0.15) is 5.82 Å². The highest BCUT2D eigenvalue weighted by Crippen LogP contribution is 2.31. The first-order chi connectivity index (χ1) is 14.4. The van der Waals surface area contributed by atoms with Crippen molar-refractivity contribution in [2.45, 2.75) is 95.9 Å². The highest BCUT2D eigenvalue weighted by Gasteiger charge is 2.29. The van der Waals surface area contributed by atoms with E-state index in [0.29, 0.717) is 19.3 Å². The molecule has 3 aliphatic heterocycles. The number of hydrogen-bond acceptors (Lipinski definition) is 6. The maximum absolute atomic E-state index is 5.75. The van der Waals surface area contributed by atoms with Crippen LogP contribution in [0, 0.1) is 0 Å². The van der Waals surface area contributed by atoms with Crippen LogP contribution in [-0.2, 0) is 18.0 Å². The van der Waals surface area contributed by atoms with E-state index in [2.05, 4.69) is 15.1 Å². The van der Waals surface area contributed by atoms with E-state index in [1.165, 1.54) is 82.7 Å². The Morgan fingerprint density at radius 3 is 2.41 bits per heavy atom. The fourth-order valence-electron chi connectivity index (χ4n) is 5.73. The molecule has 2 saturated heterocycles. The third kappa shape index (κ3) is 4.53. The lowest BCUT2D eigenvalue weighted by Crippen LogP contribution is -2.48. The summed E-state index contributed by atoms with van der Waals surface area (Å²) >= 11 is 0. The molecule has 1 atom stereocenters. The fraction of sp³-hybridized carbons (Fsp3) is 0.826. The summed E-state index contributed by atoms with van der Waals surface area (Å²) in [5.74, 6) is 1.96. The SMILES string of the molecule is C1CCC(N2CCCC(Nc3nc4c(c(N5CCCCCC5)n3)COC4)C2)CC1. The van der Waals surface area contributed by atoms with Crippen LogP contribution in [0.15, 0.2) is 0 Å². The fourth-order valence-corrected chi connectivity index (χ4v) is 5.73. The zero-order valence-corrected chi connectivity index (χ0v) is 17.9. The normalized spacial score (nSPS) is 26.9. The van der Waals surface area contributed by atoms with Gasteiger partial charge in [0.05, 0.1) is 18.9 Å². The zero-order chi connectivity index (χ0) is 19.5. The number of hydrogen-bond donors (Lipinski definition) is 1. The van der Waals surface area contributed by atoms with E-state index in [9.17, 15) is 0 Å². The Hall–Kier alpha value is -1.40. The predicted molar refractivity (Wildman–Crippen MR) is 116 cm³/mol. The van der Waals surface area contributed by atoms with E-state index >= 15 is 0 Å². The summed E-state index contributed by atoms with van der Waals surface area (Å²) in [6.07, 6.45) is 14.7. The van der Waals surface area contributed by atoms with E-state index in [0.717, 1.165) is 43.1 Å². The summed E-state index contributed by atoms with van der Waals surface area (Å²) < 4.78 is 5.75. The highest BCUT2D eigenvalue weighted by atomic mass is 16.5. The first kappa shape index (κ1) is 19.6. The van der Waals surface area contributed by atoms with Crippen LogP contribution in [0.5, 0.6) is 0 Å². The van der Waals surface area contributed by atoms with Crippen LogP contribution in [0.3, 0.4) is 0 Å². The predicted octanol–water partition coefficient (Wildman–Crippen LogP) is 4.10. The number of nitrogens with one attached hydrogen (secondary N) is 1. The number of ether oxygens (including phenoxy) is 1. The van der Waals surface area contributed by atoms with Crippen LogP contribution < -0.4 is 10.2 Å². The van der Waals surface area contributed by atoms with Crippen LogP contribution >= 0.6 is 0 Å². The lowest BCUT2D eigenvalue weighted by Gasteiger charge is -2.40. The van der Waals surface area contributed by atoms with E-state index in [-0.39, 0.29) is 0 Å². The van der Waals surface area contributed by atoms with Gasteiger partial charge >= 0.3 is 0 Å². The zero-order valence-electron chi connectivity index (χ0n) is 17.9. The molecule has 1 saturated carbocycles. The largest absolute Gasteiger partial charge is 0.370 e. The van der Waals surface area contributed by atoms with Crippen LogP contribution in [0.2, 0.25) is 0 Å². The van der Waals surface area contributed by atoms with E-state index in [1.807, 2.05) is 0 Å². The van der Waals surface area contributed by atoms with Crippen molar-refractivity contribution in [1.29, 1.82) is 0 Å². The smallest absolute Gasteiger partial charge is 0.225 e. The Labute approximate surface area is 175 Å². The quantitative estimate of drug-likeness (QED) is 0.823. The van der Waals surface area contributed by atoms with Gasteiger partial charge < -0.3 is 15.0 Å². The second-order valence-electron chi connectivity index (χ2n) is 9.46. The van der Waals surface area contributed by atoms with Gasteiger partial charge in [-0.25, -0.2) is 4.98 Å². The molecule has 0 spiro atoms. The Balaban J connectivity index is 1.31. The molecule has 0 amide bonds. The van der Waals surface area contributed by atoms with Crippen molar-refractivity contribution in [3.8, 4) is 0 Å². The van der Waals surface area contributed by atoms with Gasteiger partial charge in [0.25, 0.3) is 0 Å². The van der Waals surface area contributed by atoms with E-state index in [1.54, 1.807) is 0 Å². The number of piperidine rings is 1. The number of likely N-dealkylation sites (tertiary alicyclic amines) is 1. The maximum Gasteiger partial charge on any atom is 0.225 e. The molecule has 6 heteroatoms. The summed E-state index contributed by atoms with van der Waals surface area (Å²) in [7, 11) is 0. The molecular formula is C23H37N5O. The number of rotatable bonds is 4. The molecule has 3 fully saturated rings. The van der Waals surface area contributed by atoms with Gasteiger partial charge in [-0.2, -0.15) is 4.98 Å². The molecule has 1 aromatic rings. The molecule has 1 aromatic heterocycles. The minimum Gasteiger partial charge on any atom is -0.370 e. The van der Waals surface area contributed by atoms with Crippen LogP contribution in [0.25, 0.3) is 0 Å². The molecule has 0 radical (unpaired) electrons. The van der Waals surface area contributed by atoms with Crippen LogP contribution in [0.4, 0.5) is 11.8 Å². The molecule has 1 N–H and O–H groups in total. The molecule has 29 heavy (non-hydrogen) atoms. The van der Waals surface area contributed by atoms with Gasteiger partial charge in [-0.15, -0.1) is 0 Å². The van der Waals surface area contributed by atoms with Crippen molar-refractivity contribution in [3.05, 3.63) is 11.3 Å². The second kappa shape index (κ2) is 9.17.